The lowest BCUT2D eigenvalue weighted by molar-refractivity contribution is -0.147. The number of halogens is 1. The second kappa shape index (κ2) is 6.87. The summed E-state index contributed by atoms with van der Waals surface area (Å²) in [6, 6.07) is 5.49. The van der Waals surface area contributed by atoms with Crippen LogP contribution in [0.2, 0.25) is 0 Å². The number of aliphatic hydroxyl groups is 1. The Morgan fingerprint density at radius 1 is 1.41 bits per heavy atom. The molecule has 3 atom stereocenters. The van der Waals surface area contributed by atoms with Gasteiger partial charge in [-0.2, -0.15) is 0 Å². The summed E-state index contributed by atoms with van der Waals surface area (Å²) in [5, 5.41) is 19.2. The highest BCUT2D eigenvalue weighted by atomic mass is 19.1. The van der Waals surface area contributed by atoms with E-state index in [0.29, 0.717) is 18.5 Å². The van der Waals surface area contributed by atoms with Gasteiger partial charge in [-0.25, -0.2) is 4.39 Å². The summed E-state index contributed by atoms with van der Waals surface area (Å²) in [6.07, 6.45) is -0.725. The number of aliphatic carboxylic acids is 1. The van der Waals surface area contributed by atoms with Gasteiger partial charge in [0.25, 0.3) is 0 Å². The van der Waals surface area contributed by atoms with E-state index in [0.717, 1.165) is 0 Å². The van der Waals surface area contributed by atoms with E-state index >= 15 is 0 Å². The van der Waals surface area contributed by atoms with Crippen molar-refractivity contribution in [2.75, 3.05) is 13.1 Å². The zero-order valence-electron chi connectivity index (χ0n) is 12.4. The van der Waals surface area contributed by atoms with E-state index in [9.17, 15) is 19.1 Å². The molecule has 1 amide bonds. The molecular weight excluding hydrogens is 289 g/mol. The quantitative estimate of drug-likeness (QED) is 0.889. The Hall–Kier alpha value is -1.95. The normalized spacial score (nSPS) is 23.1. The molecule has 0 saturated carbocycles. The van der Waals surface area contributed by atoms with Crippen LogP contribution in [-0.2, 0) is 9.59 Å². The van der Waals surface area contributed by atoms with Crippen molar-refractivity contribution in [3.05, 3.63) is 35.6 Å². The summed E-state index contributed by atoms with van der Waals surface area (Å²) < 4.78 is 13.1. The highest BCUT2D eigenvalue weighted by Gasteiger charge is 2.32. The minimum absolute atomic E-state index is 0.102. The van der Waals surface area contributed by atoms with E-state index in [4.69, 9.17) is 5.11 Å². The topological polar surface area (TPSA) is 77.8 Å². The highest BCUT2D eigenvalue weighted by molar-refractivity contribution is 5.78. The lowest BCUT2D eigenvalue weighted by Gasteiger charge is -2.35. The number of hydrogen-bond donors (Lipinski definition) is 2. The van der Waals surface area contributed by atoms with Gasteiger partial charge in [0.05, 0.1) is 18.4 Å². The fraction of sp³-hybridized carbons (Fsp3) is 0.500. The molecule has 6 heteroatoms. The summed E-state index contributed by atoms with van der Waals surface area (Å²) >= 11 is 0. The first-order valence-corrected chi connectivity index (χ1v) is 7.31. The maximum atomic E-state index is 13.1. The van der Waals surface area contributed by atoms with Gasteiger partial charge < -0.3 is 15.1 Å². The van der Waals surface area contributed by atoms with Gasteiger partial charge in [-0.05, 0) is 30.0 Å². The summed E-state index contributed by atoms with van der Waals surface area (Å²) in [4.78, 5) is 24.9. The van der Waals surface area contributed by atoms with Gasteiger partial charge in [0.1, 0.15) is 5.82 Å². The van der Waals surface area contributed by atoms with Gasteiger partial charge in [-0.3, -0.25) is 9.59 Å². The van der Waals surface area contributed by atoms with Crippen LogP contribution in [0.25, 0.3) is 0 Å². The third kappa shape index (κ3) is 4.04. The van der Waals surface area contributed by atoms with Gasteiger partial charge in [-0.1, -0.05) is 19.1 Å². The number of benzene rings is 1. The zero-order valence-corrected chi connectivity index (χ0v) is 12.4. The van der Waals surface area contributed by atoms with E-state index in [1.165, 1.54) is 23.1 Å². The van der Waals surface area contributed by atoms with Crippen LogP contribution in [0.3, 0.4) is 0 Å². The summed E-state index contributed by atoms with van der Waals surface area (Å²) in [5.74, 6) is -2.16. The van der Waals surface area contributed by atoms with Crippen molar-refractivity contribution in [3.8, 4) is 0 Å². The molecule has 0 spiro atoms. The maximum Gasteiger partial charge on any atom is 0.308 e. The molecule has 2 N–H and O–H groups in total. The van der Waals surface area contributed by atoms with Crippen molar-refractivity contribution < 1.29 is 24.2 Å². The molecule has 1 aromatic carbocycles. The molecule has 22 heavy (non-hydrogen) atoms. The Kier molecular flexibility index (Phi) is 5.13. The number of likely N-dealkylation sites (tertiary alicyclic amines) is 1. The van der Waals surface area contributed by atoms with Crippen molar-refractivity contribution >= 4 is 11.9 Å². The van der Waals surface area contributed by atoms with Crippen molar-refractivity contribution in [1.82, 2.24) is 4.90 Å². The second-order valence-corrected chi connectivity index (χ2v) is 5.95. The zero-order chi connectivity index (χ0) is 16.3. The van der Waals surface area contributed by atoms with Crippen molar-refractivity contribution in [3.63, 3.8) is 0 Å². The van der Waals surface area contributed by atoms with Gasteiger partial charge in [0, 0.05) is 13.1 Å². The standard InChI is InChI=1S/C16H20FNO4/c1-10-5-12(16(21)22)9-18(8-10)15(20)7-14(19)11-3-2-4-13(17)6-11/h2-4,6,10,12,14,19H,5,7-9H2,1H3,(H,21,22). The van der Waals surface area contributed by atoms with Crippen LogP contribution in [0.15, 0.2) is 24.3 Å². The molecule has 120 valence electrons. The number of nitrogens with zero attached hydrogens (tertiary/aromatic N) is 1. The molecule has 1 fully saturated rings. The summed E-state index contributed by atoms with van der Waals surface area (Å²) in [6.45, 7) is 2.55. The molecule has 0 radical (unpaired) electrons. The highest BCUT2D eigenvalue weighted by Crippen LogP contribution is 2.24. The van der Waals surface area contributed by atoms with Crippen molar-refractivity contribution in [2.45, 2.75) is 25.9 Å². The predicted octanol–water partition coefficient (Wildman–Crippen LogP) is 1.82. The number of piperidine rings is 1. The molecule has 0 bridgehead atoms. The smallest absolute Gasteiger partial charge is 0.308 e. The van der Waals surface area contributed by atoms with Gasteiger partial charge in [0.15, 0.2) is 0 Å². The van der Waals surface area contributed by atoms with Crippen LogP contribution in [0.1, 0.15) is 31.4 Å². The lowest BCUT2D eigenvalue weighted by Crippen LogP contribution is -2.45. The Morgan fingerprint density at radius 3 is 2.77 bits per heavy atom. The average molecular weight is 309 g/mol. The third-order valence-electron chi connectivity index (χ3n) is 3.96. The van der Waals surface area contributed by atoms with Crippen molar-refractivity contribution in [1.29, 1.82) is 0 Å². The molecule has 1 aromatic rings. The number of aliphatic hydroxyl groups excluding tert-OH is 1. The van der Waals surface area contributed by atoms with Crippen LogP contribution in [0.5, 0.6) is 0 Å². The number of carbonyl (C=O) groups is 2. The average Bonchev–Trinajstić information content (AvgIpc) is 2.46. The first-order valence-electron chi connectivity index (χ1n) is 7.31. The monoisotopic (exact) mass is 309 g/mol. The first kappa shape index (κ1) is 16.4. The predicted molar refractivity (Wildman–Crippen MR) is 77.5 cm³/mol. The van der Waals surface area contributed by atoms with Gasteiger partial charge >= 0.3 is 5.97 Å². The molecule has 1 heterocycles. The number of carbonyl (C=O) groups excluding carboxylic acids is 1. The van der Waals surface area contributed by atoms with E-state index in [-0.39, 0.29) is 24.8 Å². The fourth-order valence-corrected chi connectivity index (χ4v) is 2.86. The van der Waals surface area contributed by atoms with Crippen LogP contribution in [0, 0.1) is 17.7 Å². The minimum atomic E-state index is -1.09. The lowest BCUT2D eigenvalue weighted by atomic mass is 9.90. The number of carboxylic acid groups (broad SMARTS) is 1. The molecule has 1 saturated heterocycles. The molecule has 2 rings (SSSR count). The van der Waals surface area contributed by atoms with E-state index in [1.54, 1.807) is 6.07 Å². The Bertz CT molecular complexity index is 563. The summed E-state index contributed by atoms with van der Waals surface area (Å²) in [5.41, 5.74) is 0.341. The minimum Gasteiger partial charge on any atom is -0.481 e. The SMILES string of the molecule is CC1CC(C(=O)O)CN(C(=O)CC(O)c2cccc(F)c2)C1. The number of rotatable bonds is 4. The van der Waals surface area contributed by atoms with Crippen LogP contribution in [0.4, 0.5) is 4.39 Å². The molecular formula is C16H20FNO4. The van der Waals surface area contributed by atoms with Gasteiger partial charge in [-0.15, -0.1) is 0 Å². The fourth-order valence-electron chi connectivity index (χ4n) is 2.86. The van der Waals surface area contributed by atoms with Crippen LogP contribution >= 0.6 is 0 Å². The number of carboxylic acids is 1. The third-order valence-corrected chi connectivity index (χ3v) is 3.96. The molecule has 1 aliphatic rings. The Morgan fingerprint density at radius 2 is 2.14 bits per heavy atom. The van der Waals surface area contributed by atoms with Crippen LogP contribution < -0.4 is 0 Å². The van der Waals surface area contributed by atoms with Crippen LogP contribution in [-0.4, -0.2) is 40.1 Å². The molecule has 1 aliphatic heterocycles. The maximum absolute atomic E-state index is 13.1. The molecule has 5 nitrogen and oxygen atoms in total. The Balaban J connectivity index is 2.00. The molecule has 3 unspecified atom stereocenters. The van der Waals surface area contributed by atoms with E-state index in [2.05, 4.69) is 0 Å². The van der Waals surface area contributed by atoms with Crippen molar-refractivity contribution in [2.24, 2.45) is 11.8 Å². The van der Waals surface area contributed by atoms with E-state index < -0.39 is 23.8 Å². The molecule has 0 aliphatic carbocycles. The first-order chi connectivity index (χ1) is 10.4. The molecule has 0 aromatic heterocycles. The number of amides is 1. The Labute approximate surface area is 128 Å². The largest absolute Gasteiger partial charge is 0.481 e. The second-order valence-electron chi connectivity index (χ2n) is 5.95. The van der Waals surface area contributed by atoms with E-state index in [1.807, 2.05) is 6.92 Å². The summed E-state index contributed by atoms with van der Waals surface area (Å²) in [7, 11) is 0. The van der Waals surface area contributed by atoms with Gasteiger partial charge in [0.2, 0.25) is 5.91 Å². The number of hydrogen-bond acceptors (Lipinski definition) is 3.